The molecular weight excluding hydrogens is 559 g/mol. The average molecular weight is 584 g/mol. The van der Waals surface area contributed by atoms with Gasteiger partial charge >= 0.3 is 0 Å². The van der Waals surface area contributed by atoms with Gasteiger partial charge in [-0.3, -0.25) is 0 Å². The van der Waals surface area contributed by atoms with E-state index in [1.807, 2.05) is 0 Å². The summed E-state index contributed by atoms with van der Waals surface area (Å²) in [5.41, 5.74) is 13.5. The Labute approximate surface area is 265 Å². The molecule has 0 spiro atoms. The molecule has 2 aliphatic rings. The van der Waals surface area contributed by atoms with Crippen molar-refractivity contribution in [2.24, 2.45) is 0 Å². The number of benzene rings is 7. The molecule has 2 aliphatic heterocycles. The van der Waals surface area contributed by atoms with E-state index in [9.17, 15) is 0 Å². The molecule has 11 rings (SSSR count). The van der Waals surface area contributed by atoms with Crippen LogP contribution >= 0.6 is 0 Å². The minimum Gasteiger partial charge on any atom is -0.458 e. The Balaban J connectivity index is 1.35. The van der Waals surface area contributed by atoms with Gasteiger partial charge < -0.3 is 13.9 Å². The number of para-hydroxylation sites is 3. The van der Waals surface area contributed by atoms with E-state index in [0.717, 1.165) is 17.2 Å². The van der Waals surface area contributed by atoms with Gasteiger partial charge in [-0.05, 0) is 70.0 Å². The lowest BCUT2D eigenvalue weighted by molar-refractivity contribution is 0.487. The first-order valence-corrected chi connectivity index (χ1v) is 15.9. The highest BCUT2D eigenvalue weighted by Crippen LogP contribution is 2.44. The molecule has 0 N–H and O–H groups in total. The molecule has 0 unspecified atom stereocenters. The molecule has 7 aromatic carbocycles. The monoisotopic (exact) mass is 584 g/mol. The van der Waals surface area contributed by atoms with Gasteiger partial charge in [-0.25, -0.2) is 0 Å². The van der Waals surface area contributed by atoms with E-state index in [1.165, 1.54) is 76.8 Å². The number of aromatic nitrogens is 2. The van der Waals surface area contributed by atoms with Crippen molar-refractivity contribution in [3.05, 3.63) is 152 Å². The van der Waals surface area contributed by atoms with Crippen molar-refractivity contribution < 1.29 is 4.74 Å². The number of fused-ring (bicyclic) bond motifs is 11. The second kappa shape index (κ2) is 8.80. The molecule has 0 radical (unpaired) electrons. The van der Waals surface area contributed by atoms with Crippen molar-refractivity contribution in [3.8, 4) is 34.0 Å². The summed E-state index contributed by atoms with van der Waals surface area (Å²) in [4.78, 5) is 0. The van der Waals surface area contributed by atoms with Crippen LogP contribution in [-0.2, 0) is 0 Å². The molecule has 0 bridgehead atoms. The van der Waals surface area contributed by atoms with Crippen LogP contribution in [0.25, 0.3) is 66.1 Å². The Morgan fingerprint density at radius 2 is 1.15 bits per heavy atom. The molecule has 3 nitrogen and oxygen atoms in total. The third kappa shape index (κ3) is 3.03. The maximum atomic E-state index is 6.57. The van der Waals surface area contributed by atoms with Crippen molar-refractivity contribution in [3.63, 3.8) is 0 Å². The predicted molar refractivity (Wildman–Crippen MR) is 192 cm³/mol. The first-order valence-electron chi connectivity index (χ1n) is 15.9. The van der Waals surface area contributed by atoms with Crippen molar-refractivity contribution in [1.82, 2.24) is 9.13 Å². The highest BCUT2D eigenvalue weighted by atomic mass is 16.5. The zero-order valence-corrected chi connectivity index (χ0v) is 24.8. The fraction of sp³-hybridized carbons (Fsp3) is 0. The first kappa shape index (κ1) is 24.3. The molecule has 0 amide bonds. The van der Waals surface area contributed by atoms with Crippen LogP contribution in [0.1, 0.15) is 0 Å². The van der Waals surface area contributed by atoms with Crippen LogP contribution in [0.5, 0.6) is 11.5 Å². The molecule has 0 atom stereocenters. The van der Waals surface area contributed by atoms with E-state index in [1.54, 1.807) is 0 Å². The number of rotatable bonds is 2. The molecule has 0 aliphatic carbocycles. The van der Waals surface area contributed by atoms with Crippen LogP contribution < -0.4 is 21.1 Å². The van der Waals surface area contributed by atoms with E-state index in [4.69, 9.17) is 4.74 Å². The van der Waals surface area contributed by atoms with E-state index in [0.29, 0.717) is 0 Å². The Kier molecular flexibility index (Phi) is 4.66. The largest absolute Gasteiger partial charge is 0.458 e. The summed E-state index contributed by atoms with van der Waals surface area (Å²) in [5, 5.41) is 5.09. The van der Waals surface area contributed by atoms with Gasteiger partial charge in [-0.2, -0.15) is 0 Å². The van der Waals surface area contributed by atoms with Crippen molar-refractivity contribution in [2.45, 2.75) is 0 Å². The Hall–Kier alpha value is -6.00. The quantitative estimate of drug-likeness (QED) is 0.187. The molecule has 4 heterocycles. The Morgan fingerprint density at radius 3 is 2.04 bits per heavy atom. The summed E-state index contributed by atoms with van der Waals surface area (Å²) in [6, 6.07) is 55.0. The van der Waals surface area contributed by atoms with Gasteiger partial charge in [0.05, 0.1) is 22.1 Å². The molecular formula is C42H25BN2O. The van der Waals surface area contributed by atoms with Gasteiger partial charge in [0.2, 0.25) is 0 Å². The van der Waals surface area contributed by atoms with Crippen LogP contribution in [0, 0.1) is 0 Å². The van der Waals surface area contributed by atoms with Crippen LogP contribution in [0.4, 0.5) is 0 Å². The van der Waals surface area contributed by atoms with Gasteiger partial charge in [0.15, 0.2) is 0 Å². The summed E-state index contributed by atoms with van der Waals surface area (Å²) in [5.74, 6) is 1.88. The molecule has 9 aromatic rings. The number of hydrogen-bond acceptors (Lipinski definition) is 1. The fourth-order valence-corrected chi connectivity index (χ4v) is 8.34. The smallest absolute Gasteiger partial charge is 0.256 e. The van der Waals surface area contributed by atoms with Gasteiger partial charge in [-0.1, -0.05) is 109 Å². The normalized spacial score (nSPS) is 12.9. The molecule has 212 valence electrons. The van der Waals surface area contributed by atoms with Gasteiger partial charge in [0, 0.05) is 32.9 Å². The summed E-state index contributed by atoms with van der Waals surface area (Å²) >= 11 is 0. The highest BCUT2D eigenvalue weighted by molar-refractivity contribution is 6.99. The molecule has 2 aromatic heterocycles. The van der Waals surface area contributed by atoms with Gasteiger partial charge in [0.1, 0.15) is 11.5 Å². The van der Waals surface area contributed by atoms with Crippen LogP contribution in [0.15, 0.2) is 152 Å². The number of ether oxygens (including phenoxy) is 1. The summed E-state index contributed by atoms with van der Waals surface area (Å²) in [7, 11) is 0. The third-order valence-corrected chi connectivity index (χ3v) is 10.1. The third-order valence-electron chi connectivity index (χ3n) is 10.1. The topological polar surface area (TPSA) is 19.1 Å². The average Bonchev–Trinajstić information content (AvgIpc) is 3.64. The second-order valence-electron chi connectivity index (χ2n) is 12.5. The van der Waals surface area contributed by atoms with Crippen molar-refractivity contribution in [2.75, 3.05) is 0 Å². The molecule has 0 saturated heterocycles. The Morgan fingerprint density at radius 1 is 0.457 bits per heavy atom. The van der Waals surface area contributed by atoms with E-state index in [-0.39, 0.29) is 6.71 Å². The number of nitrogens with zero attached hydrogens (tertiary/aromatic N) is 2. The first-order chi connectivity index (χ1) is 22.8. The van der Waals surface area contributed by atoms with E-state index < -0.39 is 0 Å². The molecule has 46 heavy (non-hydrogen) atoms. The van der Waals surface area contributed by atoms with Crippen LogP contribution in [0.3, 0.4) is 0 Å². The van der Waals surface area contributed by atoms with Crippen LogP contribution in [0.2, 0.25) is 0 Å². The van der Waals surface area contributed by atoms with E-state index in [2.05, 4.69) is 161 Å². The predicted octanol–water partition coefficient (Wildman–Crippen LogP) is 8.48. The van der Waals surface area contributed by atoms with Gasteiger partial charge in [0.25, 0.3) is 6.71 Å². The van der Waals surface area contributed by atoms with Crippen molar-refractivity contribution in [1.29, 1.82) is 0 Å². The SMILES string of the molecule is c1ccc(-c2cccc(-n3c4ccccc4c4cc5c6c(c7ccccc7n6-c6cccc7c6B5c5ccccc5O7)c43)c2)cc1. The molecule has 0 fully saturated rings. The summed E-state index contributed by atoms with van der Waals surface area (Å²) < 4.78 is 11.6. The van der Waals surface area contributed by atoms with E-state index >= 15 is 0 Å². The van der Waals surface area contributed by atoms with Crippen molar-refractivity contribution >= 4 is 66.7 Å². The lowest BCUT2D eigenvalue weighted by Crippen LogP contribution is -2.58. The van der Waals surface area contributed by atoms with Gasteiger partial charge in [-0.15, -0.1) is 0 Å². The maximum Gasteiger partial charge on any atom is 0.256 e. The Bertz CT molecular complexity index is 2740. The fourth-order valence-electron chi connectivity index (χ4n) is 8.34. The lowest BCUT2D eigenvalue weighted by atomic mass is 9.34. The maximum absolute atomic E-state index is 6.57. The molecule has 4 heteroatoms. The lowest BCUT2D eigenvalue weighted by Gasteiger charge is -2.33. The zero-order chi connectivity index (χ0) is 29.9. The summed E-state index contributed by atoms with van der Waals surface area (Å²) in [6.45, 7) is 0.0726. The zero-order valence-electron chi connectivity index (χ0n) is 24.8. The minimum absolute atomic E-state index is 0.0726. The number of hydrogen-bond donors (Lipinski definition) is 0. The molecule has 0 saturated carbocycles. The van der Waals surface area contributed by atoms with Crippen LogP contribution in [-0.4, -0.2) is 15.8 Å². The minimum atomic E-state index is 0.0726. The highest BCUT2D eigenvalue weighted by Gasteiger charge is 2.41. The summed E-state index contributed by atoms with van der Waals surface area (Å²) in [6.07, 6.45) is 0. The second-order valence-corrected chi connectivity index (χ2v) is 12.5. The standard InChI is InChI=1S/C42H25BN2O/c1-2-12-26(13-3-1)27-14-10-15-28(24-27)44-34-19-7-4-16-29(34)31-25-33-42-39(41(31)44)30-17-5-8-20-35(30)45(42)36-21-11-23-38-40(36)43(33)32-18-6-9-22-37(32)46-38/h1-25H.